The standard InChI is InChI=1S/C21H23N3O3S/c1-11-12(2)28-20(22-11)23-18(25)16-9-14-8-7-13(16)10-21(14)24-19(26)15-5-3-4-6-17(15)27-21/h3-6,13-14,16H,7-10H2,1-2H3,(H,24,26)(H,22,23,25). The van der Waals surface area contributed by atoms with Crippen LogP contribution in [-0.4, -0.2) is 22.5 Å². The van der Waals surface area contributed by atoms with Crippen LogP contribution in [-0.2, 0) is 4.79 Å². The Balaban J connectivity index is 1.35. The Labute approximate surface area is 167 Å². The second kappa shape index (κ2) is 6.30. The molecule has 4 atom stereocenters. The molecule has 1 aromatic heterocycles. The van der Waals surface area contributed by atoms with Gasteiger partial charge in [0, 0.05) is 23.1 Å². The monoisotopic (exact) mass is 397 g/mol. The number of para-hydroxylation sites is 1. The molecule has 4 aliphatic rings. The fourth-order valence-corrected chi connectivity index (χ4v) is 5.82. The van der Waals surface area contributed by atoms with Crippen molar-refractivity contribution in [2.45, 2.75) is 45.3 Å². The van der Waals surface area contributed by atoms with Crippen molar-refractivity contribution >= 4 is 28.3 Å². The van der Waals surface area contributed by atoms with Gasteiger partial charge in [0.1, 0.15) is 5.75 Å². The zero-order valence-electron chi connectivity index (χ0n) is 16.0. The zero-order chi connectivity index (χ0) is 19.5. The molecule has 1 aliphatic heterocycles. The maximum Gasteiger partial charge on any atom is 0.258 e. The van der Waals surface area contributed by atoms with Crippen LogP contribution >= 0.6 is 11.3 Å². The summed E-state index contributed by atoms with van der Waals surface area (Å²) in [6.07, 6.45) is 3.35. The van der Waals surface area contributed by atoms with Crippen molar-refractivity contribution in [1.29, 1.82) is 0 Å². The van der Waals surface area contributed by atoms with Gasteiger partial charge < -0.3 is 15.4 Å². The average molecular weight is 398 g/mol. The van der Waals surface area contributed by atoms with E-state index in [-0.39, 0.29) is 29.6 Å². The minimum absolute atomic E-state index is 0.0424. The minimum atomic E-state index is -0.681. The summed E-state index contributed by atoms with van der Waals surface area (Å²) < 4.78 is 6.36. The van der Waals surface area contributed by atoms with Gasteiger partial charge in [0.2, 0.25) is 5.91 Å². The first-order valence-electron chi connectivity index (χ1n) is 9.80. The van der Waals surface area contributed by atoms with E-state index in [1.54, 1.807) is 6.07 Å². The number of thiazole rings is 1. The van der Waals surface area contributed by atoms with Gasteiger partial charge >= 0.3 is 0 Å². The fourth-order valence-electron chi connectivity index (χ4n) is 5.01. The third kappa shape index (κ3) is 2.71. The first-order valence-corrected chi connectivity index (χ1v) is 10.6. The molecule has 2 bridgehead atoms. The largest absolute Gasteiger partial charge is 0.467 e. The van der Waals surface area contributed by atoms with Gasteiger partial charge in [0.15, 0.2) is 10.9 Å². The molecule has 28 heavy (non-hydrogen) atoms. The highest BCUT2D eigenvalue weighted by Crippen LogP contribution is 2.52. The van der Waals surface area contributed by atoms with Crippen LogP contribution in [0, 0.1) is 31.6 Å². The van der Waals surface area contributed by atoms with Crippen molar-refractivity contribution in [3.8, 4) is 5.75 Å². The molecule has 3 saturated carbocycles. The highest BCUT2D eigenvalue weighted by atomic mass is 32.1. The molecule has 2 aromatic rings. The molecule has 1 spiro atoms. The second-order valence-corrected chi connectivity index (χ2v) is 9.38. The highest BCUT2D eigenvalue weighted by Gasteiger charge is 2.57. The van der Waals surface area contributed by atoms with Crippen molar-refractivity contribution in [3.05, 3.63) is 40.4 Å². The van der Waals surface area contributed by atoms with Crippen molar-refractivity contribution in [3.63, 3.8) is 0 Å². The Morgan fingerprint density at radius 2 is 2.14 bits per heavy atom. The maximum atomic E-state index is 12.9. The molecule has 3 aliphatic carbocycles. The molecule has 146 valence electrons. The molecule has 0 saturated heterocycles. The Hall–Kier alpha value is -2.41. The molecule has 1 aromatic carbocycles. The third-order valence-corrected chi connectivity index (χ3v) is 7.55. The van der Waals surface area contributed by atoms with E-state index in [4.69, 9.17) is 4.74 Å². The number of carbonyl (C=O) groups excluding carboxylic acids is 2. The van der Waals surface area contributed by atoms with E-state index in [0.717, 1.165) is 29.8 Å². The lowest BCUT2D eigenvalue weighted by Crippen LogP contribution is -2.66. The SMILES string of the molecule is Cc1nc(NC(=O)C2CC3CCC2CC32NC(=O)c3ccccc3O2)sc1C. The molecular weight excluding hydrogens is 374 g/mol. The number of hydrogen-bond acceptors (Lipinski definition) is 5. The van der Waals surface area contributed by atoms with Gasteiger partial charge in [0.25, 0.3) is 5.91 Å². The highest BCUT2D eigenvalue weighted by molar-refractivity contribution is 7.15. The molecular formula is C21H23N3O3S. The number of nitrogens with one attached hydrogen (secondary N) is 2. The lowest BCUT2D eigenvalue weighted by Gasteiger charge is -2.55. The lowest BCUT2D eigenvalue weighted by atomic mass is 9.60. The zero-order valence-corrected chi connectivity index (χ0v) is 16.8. The van der Waals surface area contributed by atoms with Gasteiger partial charge in [0.05, 0.1) is 11.3 Å². The minimum Gasteiger partial charge on any atom is -0.467 e. The van der Waals surface area contributed by atoms with Crippen LogP contribution in [0.5, 0.6) is 5.75 Å². The van der Waals surface area contributed by atoms with Crippen molar-refractivity contribution in [2.75, 3.05) is 5.32 Å². The summed E-state index contributed by atoms with van der Waals surface area (Å²) in [5.41, 5.74) is 0.860. The second-order valence-electron chi connectivity index (χ2n) is 8.17. The van der Waals surface area contributed by atoms with Gasteiger partial charge in [-0.1, -0.05) is 12.1 Å². The fraction of sp³-hybridized carbons (Fsp3) is 0.476. The summed E-state index contributed by atoms with van der Waals surface area (Å²) in [5, 5.41) is 6.82. The predicted molar refractivity (Wildman–Crippen MR) is 106 cm³/mol. The van der Waals surface area contributed by atoms with Crippen molar-refractivity contribution in [2.24, 2.45) is 17.8 Å². The molecule has 2 heterocycles. The molecule has 0 radical (unpaired) electrons. The third-order valence-electron chi connectivity index (χ3n) is 6.56. The summed E-state index contributed by atoms with van der Waals surface area (Å²) in [5.74, 6) is 0.869. The number of amides is 2. The Bertz CT molecular complexity index is 952. The summed E-state index contributed by atoms with van der Waals surface area (Å²) in [4.78, 5) is 31.1. The first kappa shape index (κ1) is 17.7. The van der Waals surface area contributed by atoms with Gasteiger partial charge in [-0.25, -0.2) is 4.98 Å². The number of carbonyl (C=O) groups is 2. The summed E-state index contributed by atoms with van der Waals surface area (Å²) in [7, 11) is 0. The quantitative estimate of drug-likeness (QED) is 0.811. The van der Waals surface area contributed by atoms with Gasteiger partial charge in [-0.3, -0.25) is 9.59 Å². The molecule has 4 unspecified atom stereocenters. The van der Waals surface area contributed by atoms with Crippen molar-refractivity contribution in [1.82, 2.24) is 10.3 Å². The summed E-state index contributed by atoms with van der Waals surface area (Å²) >= 11 is 1.52. The van der Waals surface area contributed by atoms with Crippen LogP contribution in [0.1, 0.15) is 46.6 Å². The van der Waals surface area contributed by atoms with Gasteiger partial charge in [-0.05, 0) is 51.2 Å². The van der Waals surface area contributed by atoms with Crippen LogP contribution in [0.3, 0.4) is 0 Å². The van der Waals surface area contributed by atoms with Crippen molar-refractivity contribution < 1.29 is 14.3 Å². The normalized spacial score (nSPS) is 30.5. The Morgan fingerprint density at radius 1 is 1.32 bits per heavy atom. The van der Waals surface area contributed by atoms with E-state index >= 15 is 0 Å². The number of hydrogen-bond donors (Lipinski definition) is 2. The smallest absolute Gasteiger partial charge is 0.258 e. The van der Waals surface area contributed by atoms with E-state index < -0.39 is 5.72 Å². The molecule has 7 heteroatoms. The van der Waals surface area contributed by atoms with E-state index in [1.807, 2.05) is 32.0 Å². The van der Waals surface area contributed by atoms with Gasteiger partial charge in [-0.15, -0.1) is 11.3 Å². The first-order chi connectivity index (χ1) is 13.4. The molecule has 2 amide bonds. The Kier molecular flexibility index (Phi) is 3.98. The van der Waals surface area contributed by atoms with Gasteiger partial charge in [-0.2, -0.15) is 0 Å². The van der Waals surface area contributed by atoms with Crippen LogP contribution in [0.2, 0.25) is 0 Å². The number of rotatable bonds is 2. The predicted octanol–water partition coefficient (Wildman–Crippen LogP) is 3.65. The number of anilines is 1. The van der Waals surface area contributed by atoms with E-state index in [1.165, 1.54) is 11.3 Å². The van der Waals surface area contributed by atoms with Crippen LogP contribution in [0.25, 0.3) is 0 Å². The lowest BCUT2D eigenvalue weighted by molar-refractivity contribution is -0.142. The topological polar surface area (TPSA) is 80.3 Å². The van der Waals surface area contributed by atoms with Crippen LogP contribution < -0.4 is 15.4 Å². The number of aromatic nitrogens is 1. The van der Waals surface area contributed by atoms with E-state index in [9.17, 15) is 9.59 Å². The number of benzene rings is 1. The number of ether oxygens (including phenoxy) is 1. The molecule has 6 nitrogen and oxygen atoms in total. The number of nitrogens with zero attached hydrogens (tertiary/aromatic N) is 1. The molecule has 3 fully saturated rings. The van der Waals surface area contributed by atoms with E-state index in [2.05, 4.69) is 15.6 Å². The average Bonchev–Trinajstić information content (AvgIpc) is 2.99. The van der Waals surface area contributed by atoms with E-state index in [0.29, 0.717) is 22.9 Å². The molecule has 2 N–H and O–H groups in total. The Morgan fingerprint density at radius 3 is 2.86 bits per heavy atom. The maximum absolute atomic E-state index is 12.9. The van der Waals surface area contributed by atoms with Crippen LogP contribution in [0.4, 0.5) is 5.13 Å². The summed E-state index contributed by atoms with van der Waals surface area (Å²) in [6.45, 7) is 3.96. The van der Waals surface area contributed by atoms with Crippen LogP contribution in [0.15, 0.2) is 24.3 Å². The number of fused-ring (bicyclic) bond motifs is 3. The molecule has 6 rings (SSSR count). The summed E-state index contributed by atoms with van der Waals surface area (Å²) in [6, 6.07) is 7.37. The number of aryl methyl sites for hydroxylation is 2.